The highest BCUT2D eigenvalue weighted by molar-refractivity contribution is 6.01. The zero-order valence-corrected chi connectivity index (χ0v) is 15.1. The van der Waals surface area contributed by atoms with Crippen LogP contribution in [0.25, 0.3) is 0 Å². The highest BCUT2D eigenvalue weighted by atomic mass is 16.5. The van der Waals surface area contributed by atoms with E-state index in [1.807, 2.05) is 42.5 Å². The van der Waals surface area contributed by atoms with Gasteiger partial charge in [0.1, 0.15) is 11.5 Å². The zero-order chi connectivity index (χ0) is 18.2. The molecule has 4 nitrogen and oxygen atoms in total. The molecule has 0 amide bonds. The topological polar surface area (TPSA) is 34.1 Å². The average Bonchev–Trinajstić information content (AvgIpc) is 3.20. The third-order valence-electron chi connectivity index (χ3n) is 5.21. The Morgan fingerprint density at radius 1 is 0.926 bits per heavy atom. The number of hydrogen-bond donors (Lipinski definition) is 0. The lowest BCUT2D eigenvalue weighted by atomic mass is 9.96. The predicted molar refractivity (Wildman–Crippen MR) is 105 cm³/mol. The molecule has 0 radical (unpaired) electrons. The van der Waals surface area contributed by atoms with Gasteiger partial charge in [-0.2, -0.15) is 5.10 Å². The maximum absolute atomic E-state index is 6.37. The number of hydrazone groups is 1. The molecule has 0 saturated heterocycles. The van der Waals surface area contributed by atoms with Gasteiger partial charge in [0, 0.05) is 17.5 Å². The summed E-state index contributed by atoms with van der Waals surface area (Å²) in [5.74, 6) is 1.77. The van der Waals surface area contributed by atoms with E-state index in [9.17, 15) is 0 Å². The molecular formula is C23H20N2O2. The van der Waals surface area contributed by atoms with Gasteiger partial charge in [0.2, 0.25) is 6.23 Å². The fourth-order valence-corrected chi connectivity index (χ4v) is 3.83. The summed E-state index contributed by atoms with van der Waals surface area (Å²) >= 11 is 0. The molecule has 27 heavy (non-hydrogen) atoms. The van der Waals surface area contributed by atoms with Crippen molar-refractivity contribution in [1.82, 2.24) is 5.01 Å². The van der Waals surface area contributed by atoms with Gasteiger partial charge in [0.15, 0.2) is 0 Å². The van der Waals surface area contributed by atoms with Crippen LogP contribution in [-0.4, -0.2) is 17.8 Å². The molecule has 3 aromatic carbocycles. The molecule has 5 rings (SSSR count). The summed E-state index contributed by atoms with van der Waals surface area (Å²) < 4.78 is 11.7. The molecule has 0 N–H and O–H groups in total. The van der Waals surface area contributed by atoms with Crippen molar-refractivity contribution in [1.29, 1.82) is 0 Å². The smallest absolute Gasteiger partial charge is 0.213 e. The fourth-order valence-electron chi connectivity index (χ4n) is 3.83. The minimum absolute atomic E-state index is 0.178. The highest BCUT2D eigenvalue weighted by Gasteiger charge is 2.40. The summed E-state index contributed by atoms with van der Waals surface area (Å²) in [6.07, 6.45) is 0.619. The SMILES string of the molecule is COc1ccc([C@@H]2Oc3ccccc3[C@@H]3CC(c4ccccc4)=NN32)cc1. The number of ether oxygens (including phenoxy) is 2. The molecule has 0 saturated carbocycles. The van der Waals surface area contributed by atoms with Crippen LogP contribution in [0.4, 0.5) is 0 Å². The van der Waals surface area contributed by atoms with E-state index in [2.05, 4.69) is 41.4 Å². The van der Waals surface area contributed by atoms with Gasteiger partial charge in [-0.25, -0.2) is 5.01 Å². The van der Waals surface area contributed by atoms with Crippen molar-refractivity contribution < 1.29 is 9.47 Å². The van der Waals surface area contributed by atoms with Crippen LogP contribution in [0.5, 0.6) is 11.5 Å². The fraction of sp³-hybridized carbons (Fsp3) is 0.174. The molecule has 2 aliphatic heterocycles. The summed E-state index contributed by atoms with van der Waals surface area (Å²) in [6.45, 7) is 0. The van der Waals surface area contributed by atoms with Crippen molar-refractivity contribution in [2.24, 2.45) is 5.10 Å². The van der Waals surface area contributed by atoms with Crippen molar-refractivity contribution in [3.63, 3.8) is 0 Å². The van der Waals surface area contributed by atoms with Gasteiger partial charge in [-0.3, -0.25) is 0 Å². The first-order chi connectivity index (χ1) is 13.3. The largest absolute Gasteiger partial charge is 0.497 e. The molecule has 4 heteroatoms. The first-order valence-electron chi connectivity index (χ1n) is 9.14. The first-order valence-corrected chi connectivity index (χ1v) is 9.14. The van der Waals surface area contributed by atoms with Crippen LogP contribution in [0.1, 0.15) is 35.4 Å². The summed E-state index contributed by atoms with van der Waals surface area (Å²) in [7, 11) is 1.68. The second-order valence-corrected chi connectivity index (χ2v) is 6.79. The molecule has 0 aromatic heterocycles. The van der Waals surface area contributed by atoms with Crippen LogP contribution >= 0.6 is 0 Å². The van der Waals surface area contributed by atoms with E-state index in [0.717, 1.165) is 34.8 Å². The molecular weight excluding hydrogens is 336 g/mol. The van der Waals surface area contributed by atoms with Crippen molar-refractivity contribution in [2.75, 3.05) is 7.11 Å². The Labute approximate surface area is 158 Å². The molecule has 2 aliphatic rings. The van der Waals surface area contributed by atoms with E-state index in [-0.39, 0.29) is 12.3 Å². The Hall–Kier alpha value is -3.27. The van der Waals surface area contributed by atoms with E-state index in [1.165, 1.54) is 5.56 Å². The second kappa shape index (κ2) is 6.47. The van der Waals surface area contributed by atoms with Crippen molar-refractivity contribution in [3.05, 3.63) is 95.6 Å². The molecule has 2 heterocycles. The molecule has 0 aliphatic carbocycles. The van der Waals surface area contributed by atoms with Gasteiger partial charge in [0.25, 0.3) is 0 Å². The number of nitrogens with zero attached hydrogens (tertiary/aromatic N) is 2. The van der Waals surface area contributed by atoms with E-state index >= 15 is 0 Å². The third kappa shape index (κ3) is 2.74. The zero-order valence-electron chi connectivity index (χ0n) is 15.1. The van der Waals surface area contributed by atoms with E-state index in [4.69, 9.17) is 14.6 Å². The van der Waals surface area contributed by atoms with Crippen molar-refractivity contribution in [3.8, 4) is 11.5 Å². The first kappa shape index (κ1) is 15.9. The van der Waals surface area contributed by atoms with Gasteiger partial charge < -0.3 is 9.47 Å². The number of methoxy groups -OCH3 is 1. The van der Waals surface area contributed by atoms with Crippen LogP contribution in [-0.2, 0) is 0 Å². The van der Waals surface area contributed by atoms with Crippen LogP contribution < -0.4 is 9.47 Å². The minimum atomic E-state index is -0.253. The van der Waals surface area contributed by atoms with E-state index < -0.39 is 0 Å². The third-order valence-corrected chi connectivity index (χ3v) is 5.21. The summed E-state index contributed by atoms with van der Waals surface area (Å²) in [4.78, 5) is 0. The van der Waals surface area contributed by atoms with Gasteiger partial charge in [-0.15, -0.1) is 0 Å². The number of benzene rings is 3. The van der Waals surface area contributed by atoms with Gasteiger partial charge >= 0.3 is 0 Å². The second-order valence-electron chi connectivity index (χ2n) is 6.79. The van der Waals surface area contributed by atoms with E-state index in [0.29, 0.717) is 0 Å². The Morgan fingerprint density at radius 3 is 2.44 bits per heavy atom. The molecule has 134 valence electrons. The lowest BCUT2D eigenvalue weighted by Crippen LogP contribution is -2.33. The van der Waals surface area contributed by atoms with Crippen LogP contribution in [0, 0.1) is 0 Å². The quantitative estimate of drug-likeness (QED) is 0.667. The number of fused-ring (bicyclic) bond motifs is 3. The van der Waals surface area contributed by atoms with Crippen molar-refractivity contribution in [2.45, 2.75) is 18.7 Å². The average molecular weight is 356 g/mol. The lowest BCUT2D eigenvalue weighted by Gasteiger charge is -2.38. The Kier molecular flexibility index (Phi) is 3.82. The standard InChI is InChI=1S/C23H20N2O2/c1-26-18-13-11-17(12-14-18)23-25-21(19-9-5-6-10-22(19)27-23)15-20(24-25)16-7-3-2-4-8-16/h2-14,21,23H,15H2,1H3/t21-,23-/m0/s1. The Bertz CT molecular complexity index is 983. The number of rotatable bonds is 3. The predicted octanol–water partition coefficient (Wildman–Crippen LogP) is 4.94. The van der Waals surface area contributed by atoms with Crippen molar-refractivity contribution >= 4 is 5.71 Å². The lowest BCUT2D eigenvalue weighted by molar-refractivity contribution is -0.0190. The molecule has 2 atom stereocenters. The molecule has 3 aromatic rings. The Balaban J connectivity index is 1.57. The highest BCUT2D eigenvalue weighted by Crippen LogP contribution is 2.47. The normalized spacial score (nSPS) is 20.3. The Morgan fingerprint density at radius 2 is 1.67 bits per heavy atom. The number of para-hydroxylation sites is 1. The molecule has 0 spiro atoms. The van der Waals surface area contributed by atoms with Gasteiger partial charge in [-0.05, 0) is 35.9 Å². The number of hydrogen-bond acceptors (Lipinski definition) is 4. The van der Waals surface area contributed by atoms with Crippen LogP contribution in [0.3, 0.4) is 0 Å². The summed E-state index contributed by atoms with van der Waals surface area (Å²) in [6, 6.07) is 26.8. The van der Waals surface area contributed by atoms with Crippen LogP contribution in [0.15, 0.2) is 84.0 Å². The van der Waals surface area contributed by atoms with Gasteiger partial charge in [0.05, 0.1) is 18.9 Å². The monoisotopic (exact) mass is 356 g/mol. The molecule has 0 bridgehead atoms. The molecule has 0 unspecified atom stereocenters. The summed E-state index contributed by atoms with van der Waals surface area (Å²) in [5, 5.41) is 7.08. The minimum Gasteiger partial charge on any atom is -0.497 e. The van der Waals surface area contributed by atoms with Gasteiger partial charge in [-0.1, -0.05) is 48.5 Å². The van der Waals surface area contributed by atoms with E-state index in [1.54, 1.807) is 7.11 Å². The van der Waals surface area contributed by atoms with Crippen LogP contribution in [0.2, 0.25) is 0 Å². The maximum Gasteiger partial charge on any atom is 0.213 e. The summed E-state index contributed by atoms with van der Waals surface area (Å²) in [5.41, 5.74) is 4.52. The molecule has 0 fully saturated rings. The maximum atomic E-state index is 6.37.